The highest BCUT2D eigenvalue weighted by Gasteiger charge is 2.41. The summed E-state index contributed by atoms with van der Waals surface area (Å²) in [5, 5.41) is 3.05. The molecule has 6 heteroatoms. The number of carbonyl (C=O) groups excluding carboxylic acids is 2. The van der Waals surface area contributed by atoms with Gasteiger partial charge in [-0.15, -0.1) is 0 Å². The maximum atomic E-state index is 13.3. The van der Waals surface area contributed by atoms with E-state index >= 15 is 0 Å². The zero-order valence-electron chi connectivity index (χ0n) is 15.7. The average Bonchev–Trinajstić information content (AvgIpc) is 3.42. The van der Waals surface area contributed by atoms with E-state index in [4.69, 9.17) is 4.74 Å². The van der Waals surface area contributed by atoms with Crippen molar-refractivity contribution < 1.29 is 18.7 Å². The minimum atomic E-state index is -0.340. The van der Waals surface area contributed by atoms with Gasteiger partial charge in [0, 0.05) is 30.6 Å². The lowest BCUT2D eigenvalue weighted by atomic mass is 9.88. The predicted molar refractivity (Wildman–Crippen MR) is 103 cm³/mol. The van der Waals surface area contributed by atoms with Gasteiger partial charge in [-0.05, 0) is 54.8 Å². The van der Waals surface area contributed by atoms with Crippen molar-refractivity contribution in [3.63, 3.8) is 0 Å². The van der Waals surface area contributed by atoms with Gasteiger partial charge in [-0.1, -0.05) is 12.1 Å². The van der Waals surface area contributed by atoms with Crippen molar-refractivity contribution in [3.05, 3.63) is 65.5 Å². The van der Waals surface area contributed by atoms with Crippen molar-refractivity contribution in [2.75, 3.05) is 20.2 Å². The van der Waals surface area contributed by atoms with Crippen molar-refractivity contribution >= 4 is 11.8 Å². The number of halogens is 1. The lowest BCUT2D eigenvalue weighted by Crippen LogP contribution is -2.36. The van der Waals surface area contributed by atoms with E-state index in [1.807, 2.05) is 0 Å². The molecule has 1 heterocycles. The fraction of sp³-hybridized carbons (Fsp3) is 0.364. The summed E-state index contributed by atoms with van der Waals surface area (Å²) in [6.07, 6.45) is 2.02. The first-order chi connectivity index (χ1) is 13.5. The number of hydrogen-bond acceptors (Lipinski definition) is 3. The molecule has 5 nitrogen and oxygen atoms in total. The second-order valence-corrected chi connectivity index (χ2v) is 7.49. The number of carbonyl (C=O) groups is 2. The summed E-state index contributed by atoms with van der Waals surface area (Å²) < 4.78 is 18.5. The first-order valence-corrected chi connectivity index (χ1v) is 9.54. The Balaban J connectivity index is 1.56. The number of likely N-dealkylation sites (tertiary alicyclic amines) is 1. The molecule has 0 radical (unpaired) electrons. The molecule has 2 aliphatic rings. The molecule has 1 aliphatic carbocycles. The van der Waals surface area contributed by atoms with Crippen LogP contribution in [0.4, 0.5) is 4.39 Å². The molecule has 2 fully saturated rings. The average molecular weight is 382 g/mol. The third-order valence-corrected chi connectivity index (χ3v) is 5.50. The van der Waals surface area contributed by atoms with E-state index in [0.29, 0.717) is 24.4 Å². The molecule has 2 aromatic carbocycles. The number of benzene rings is 2. The van der Waals surface area contributed by atoms with Crippen molar-refractivity contribution in [2.45, 2.75) is 24.8 Å². The number of nitrogens with one attached hydrogen (secondary N) is 1. The molecule has 4 rings (SSSR count). The summed E-state index contributed by atoms with van der Waals surface area (Å²) in [6.45, 7) is 0.782. The molecule has 2 unspecified atom stereocenters. The van der Waals surface area contributed by atoms with Gasteiger partial charge in [0.1, 0.15) is 11.6 Å². The summed E-state index contributed by atoms with van der Waals surface area (Å²) >= 11 is 0. The first-order valence-electron chi connectivity index (χ1n) is 9.54. The van der Waals surface area contributed by atoms with E-state index in [1.54, 1.807) is 48.4 Å². The van der Waals surface area contributed by atoms with Crippen LogP contribution in [0.1, 0.15) is 34.7 Å². The number of hydrogen-bond donors (Lipinski definition) is 1. The fourth-order valence-corrected chi connectivity index (χ4v) is 3.74. The highest BCUT2D eigenvalue weighted by atomic mass is 19.1. The van der Waals surface area contributed by atoms with Crippen molar-refractivity contribution in [3.8, 4) is 5.75 Å². The molecular formula is C22H23FN2O3. The summed E-state index contributed by atoms with van der Waals surface area (Å²) in [4.78, 5) is 27.5. The van der Waals surface area contributed by atoms with Crippen LogP contribution < -0.4 is 10.1 Å². The zero-order valence-corrected chi connectivity index (χ0v) is 15.7. The van der Waals surface area contributed by atoms with Gasteiger partial charge in [0.25, 0.3) is 5.91 Å². The van der Waals surface area contributed by atoms with Crippen molar-refractivity contribution in [1.29, 1.82) is 0 Å². The fourth-order valence-electron chi connectivity index (χ4n) is 3.74. The van der Waals surface area contributed by atoms with Crippen molar-refractivity contribution in [1.82, 2.24) is 10.2 Å². The van der Waals surface area contributed by atoms with Crippen LogP contribution in [0.3, 0.4) is 0 Å². The molecule has 2 aromatic rings. The molecule has 2 atom stereocenters. The van der Waals surface area contributed by atoms with Gasteiger partial charge >= 0.3 is 0 Å². The maximum Gasteiger partial charge on any atom is 0.253 e. The highest BCUT2D eigenvalue weighted by Crippen LogP contribution is 2.35. The maximum absolute atomic E-state index is 13.3. The van der Waals surface area contributed by atoms with E-state index in [1.165, 1.54) is 12.1 Å². The second kappa shape index (κ2) is 7.62. The van der Waals surface area contributed by atoms with Gasteiger partial charge in [-0.25, -0.2) is 4.39 Å². The van der Waals surface area contributed by atoms with E-state index < -0.39 is 0 Å². The SMILES string of the molecule is COc1ccc(C(=O)N2CC(C(=O)NC3CC3)C(c3ccc(F)cc3)C2)cc1. The molecule has 1 saturated carbocycles. The van der Waals surface area contributed by atoms with E-state index in [2.05, 4.69) is 5.32 Å². The Kier molecular flexibility index (Phi) is 5.03. The number of rotatable bonds is 5. The number of methoxy groups -OCH3 is 1. The van der Waals surface area contributed by atoms with Crippen LogP contribution in [-0.2, 0) is 4.79 Å². The van der Waals surface area contributed by atoms with Crippen LogP contribution in [0.15, 0.2) is 48.5 Å². The monoisotopic (exact) mass is 382 g/mol. The van der Waals surface area contributed by atoms with E-state index in [0.717, 1.165) is 18.4 Å². The molecule has 0 bridgehead atoms. The predicted octanol–water partition coefficient (Wildman–Crippen LogP) is 2.97. The Morgan fingerprint density at radius 3 is 2.32 bits per heavy atom. The van der Waals surface area contributed by atoms with Gasteiger partial charge in [-0.3, -0.25) is 9.59 Å². The largest absolute Gasteiger partial charge is 0.497 e. The summed E-state index contributed by atoms with van der Waals surface area (Å²) in [6, 6.07) is 13.4. The molecule has 1 saturated heterocycles. The molecule has 0 spiro atoms. The third kappa shape index (κ3) is 3.86. The number of amides is 2. The Morgan fingerprint density at radius 2 is 1.71 bits per heavy atom. The minimum absolute atomic E-state index is 0.0261. The summed E-state index contributed by atoms with van der Waals surface area (Å²) in [7, 11) is 1.58. The van der Waals surface area contributed by atoms with Crippen LogP contribution in [0, 0.1) is 11.7 Å². The number of nitrogens with zero attached hydrogens (tertiary/aromatic N) is 1. The molecule has 28 heavy (non-hydrogen) atoms. The minimum Gasteiger partial charge on any atom is -0.497 e. The smallest absolute Gasteiger partial charge is 0.253 e. The molecule has 146 valence electrons. The van der Waals surface area contributed by atoms with Gasteiger partial charge in [0.2, 0.25) is 5.91 Å². The van der Waals surface area contributed by atoms with Crippen molar-refractivity contribution in [2.24, 2.45) is 5.92 Å². The Hall–Kier alpha value is -2.89. The quantitative estimate of drug-likeness (QED) is 0.865. The number of ether oxygens (including phenoxy) is 1. The van der Waals surface area contributed by atoms with Crippen LogP contribution in [0.2, 0.25) is 0 Å². The van der Waals surface area contributed by atoms with Crippen LogP contribution >= 0.6 is 0 Å². The van der Waals surface area contributed by atoms with E-state index in [-0.39, 0.29) is 35.5 Å². The third-order valence-electron chi connectivity index (χ3n) is 5.50. The Morgan fingerprint density at radius 1 is 1.04 bits per heavy atom. The van der Waals surface area contributed by atoms with Gasteiger partial charge < -0.3 is 15.0 Å². The van der Waals surface area contributed by atoms with Crippen LogP contribution in [-0.4, -0.2) is 43.0 Å². The van der Waals surface area contributed by atoms with Crippen LogP contribution in [0.25, 0.3) is 0 Å². The molecule has 2 amide bonds. The van der Waals surface area contributed by atoms with Gasteiger partial charge in [-0.2, -0.15) is 0 Å². The normalized spacial score (nSPS) is 21.4. The summed E-state index contributed by atoms with van der Waals surface area (Å²) in [5.41, 5.74) is 1.43. The summed E-state index contributed by atoms with van der Waals surface area (Å²) in [5.74, 6) is -0.260. The Bertz CT molecular complexity index is 862. The molecule has 0 aromatic heterocycles. The highest BCUT2D eigenvalue weighted by molar-refractivity contribution is 5.95. The standard InChI is InChI=1S/C22H23FN2O3/c1-28-18-10-4-15(5-11-18)22(27)25-12-19(14-2-6-16(23)7-3-14)20(13-25)21(26)24-17-8-9-17/h2-7,10-11,17,19-20H,8-9,12-13H2,1H3,(H,24,26). The topological polar surface area (TPSA) is 58.6 Å². The van der Waals surface area contributed by atoms with Crippen LogP contribution in [0.5, 0.6) is 5.75 Å². The molecule has 1 aliphatic heterocycles. The zero-order chi connectivity index (χ0) is 19.7. The second-order valence-electron chi connectivity index (χ2n) is 7.49. The van der Waals surface area contributed by atoms with E-state index in [9.17, 15) is 14.0 Å². The lowest BCUT2D eigenvalue weighted by molar-refractivity contribution is -0.125. The molecular weight excluding hydrogens is 359 g/mol. The first kappa shape index (κ1) is 18.5. The van der Waals surface area contributed by atoms with Gasteiger partial charge in [0.05, 0.1) is 13.0 Å². The lowest BCUT2D eigenvalue weighted by Gasteiger charge is -2.18. The Labute approximate surface area is 163 Å². The molecule has 1 N–H and O–H groups in total. The van der Waals surface area contributed by atoms with Gasteiger partial charge in [0.15, 0.2) is 0 Å².